The smallest absolute Gasteiger partial charge is 0.408 e. The second kappa shape index (κ2) is 19.0. The minimum atomic E-state index is -1.09. The van der Waals surface area contributed by atoms with Crippen molar-refractivity contribution in [3.8, 4) is 0 Å². The number of hydrogen-bond donors (Lipinski definition) is 8. The van der Waals surface area contributed by atoms with Crippen LogP contribution in [0, 0.1) is 0 Å². The third-order valence-electron chi connectivity index (χ3n) is 7.11. The van der Waals surface area contributed by atoms with E-state index in [0.717, 1.165) is 16.3 Å². The van der Waals surface area contributed by atoms with E-state index in [1.807, 2.05) is 54.6 Å². The molecule has 0 aromatic heterocycles. The number of rotatable bonds is 17. The summed E-state index contributed by atoms with van der Waals surface area (Å²) in [6, 6.07) is 19.1. The first-order chi connectivity index (χ1) is 23.0. The highest BCUT2D eigenvalue weighted by molar-refractivity contribution is 6.00. The molecule has 3 aromatic carbocycles. The van der Waals surface area contributed by atoms with Crippen LogP contribution in [0.5, 0.6) is 0 Å². The number of nitrogens with two attached hydrogens (primary N) is 4. The van der Waals surface area contributed by atoms with Gasteiger partial charge in [0.2, 0.25) is 17.7 Å². The van der Waals surface area contributed by atoms with Gasteiger partial charge in [0, 0.05) is 18.8 Å². The van der Waals surface area contributed by atoms with E-state index >= 15 is 0 Å². The van der Waals surface area contributed by atoms with Crippen molar-refractivity contribution in [1.82, 2.24) is 16.0 Å². The number of fused-ring (bicyclic) bond motifs is 1. The lowest BCUT2D eigenvalue weighted by molar-refractivity contribution is -0.131. The van der Waals surface area contributed by atoms with Crippen LogP contribution in [-0.2, 0) is 25.7 Å². The summed E-state index contributed by atoms with van der Waals surface area (Å²) in [7, 11) is 0. The van der Waals surface area contributed by atoms with Gasteiger partial charge >= 0.3 is 6.09 Å². The molecule has 256 valence electrons. The molecule has 0 radical (unpaired) electrons. The van der Waals surface area contributed by atoms with Crippen LogP contribution in [0.1, 0.15) is 38.2 Å². The minimum Gasteiger partial charge on any atom is -0.445 e. The van der Waals surface area contributed by atoms with E-state index in [9.17, 15) is 19.2 Å². The Morgan fingerprint density at radius 1 is 0.688 bits per heavy atom. The van der Waals surface area contributed by atoms with Crippen LogP contribution >= 0.6 is 0 Å². The Morgan fingerprint density at radius 2 is 1.25 bits per heavy atom. The van der Waals surface area contributed by atoms with E-state index in [2.05, 4.69) is 31.3 Å². The lowest BCUT2D eigenvalue weighted by Gasteiger charge is -2.24. The van der Waals surface area contributed by atoms with Crippen molar-refractivity contribution in [2.24, 2.45) is 32.9 Å². The van der Waals surface area contributed by atoms with E-state index in [0.29, 0.717) is 18.5 Å². The molecule has 0 aliphatic heterocycles. The first-order valence-corrected chi connectivity index (χ1v) is 15.5. The molecule has 0 aliphatic rings. The summed E-state index contributed by atoms with van der Waals surface area (Å²) in [4.78, 5) is 60.4. The average molecular weight is 661 g/mol. The summed E-state index contributed by atoms with van der Waals surface area (Å²) in [5, 5.41) is 12.7. The number of carbonyl (C=O) groups excluding carboxylic acids is 4. The first kappa shape index (κ1) is 36.6. The van der Waals surface area contributed by atoms with E-state index in [1.54, 1.807) is 18.2 Å². The Bertz CT molecular complexity index is 1590. The molecule has 0 fully saturated rings. The number of anilines is 1. The van der Waals surface area contributed by atoms with Crippen molar-refractivity contribution in [1.29, 1.82) is 0 Å². The summed E-state index contributed by atoms with van der Waals surface area (Å²) in [6.45, 7) is 1.91. The number of carbonyl (C=O) groups is 4. The van der Waals surface area contributed by atoms with Gasteiger partial charge in [0.1, 0.15) is 24.7 Å². The van der Waals surface area contributed by atoms with Crippen LogP contribution in [0.3, 0.4) is 0 Å². The van der Waals surface area contributed by atoms with Gasteiger partial charge in [-0.05, 0) is 61.1 Å². The van der Waals surface area contributed by atoms with Gasteiger partial charge in [0.15, 0.2) is 11.9 Å². The van der Waals surface area contributed by atoms with Gasteiger partial charge < -0.3 is 48.9 Å². The monoisotopic (exact) mass is 660 g/mol. The molecule has 12 N–H and O–H groups in total. The third kappa shape index (κ3) is 12.9. The number of benzene rings is 3. The normalized spacial score (nSPS) is 12.4. The molecule has 0 aliphatic carbocycles. The van der Waals surface area contributed by atoms with Crippen molar-refractivity contribution >= 4 is 52.2 Å². The molecule has 0 saturated carbocycles. The molecule has 0 spiro atoms. The predicted molar refractivity (Wildman–Crippen MR) is 185 cm³/mol. The summed E-state index contributed by atoms with van der Waals surface area (Å²) < 4.78 is 5.20. The van der Waals surface area contributed by atoms with Crippen LogP contribution in [0.2, 0.25) is 0 Å². The molecule has 15 heteroatoms. The zero-order valence-electron chi connectivity index (χ0n) is 26.9. The molecule has 0 saturated heterocycles. The Morgan fingerprint density at radius 3 is 1.88 bits per heavy atom. The Balaban J connectivity index is 1.70. The van der Waals surface area contributed by atoms with Crippen molar-refractivity contribution in [3.05, 3.63) is 78.4 Å². The van der Waals surface area contributed by atoms with Crippen LogP contribution in [0.15, 0.2) is 82.8 Å². The van der Waals surface area contributed by atoms with Crippen LogP contribution < -0.4 is 44.2 Å². The maximum absolute atomic E-state index is 13.6. The Hall–Kier alpha value is -5.86. The van der Waals surface area contributed by atoms with Gasteiger partial charge in [-0.1, -0.05) is 60.7 Å². The maximum atomic E-state index is 13.6. The molecule has 3 aromatic rings. The standard InChI is InChI=1S/C33H44N10O5/c1-21(40-33(47)48-20-22-9-3-2-4-10-22)28(44)42-27(14-8-18-39-32(36)37)30(46)43-26(13-7-17-38-31(34)35)29(45)41-25-16-15-23-11-5-6-12-24(23)19-25/h2-6,9-12,15-16,19,21,26-27H,7-8,13-14,17-18,20H2,1H3,(H,40,47)(H,41,45)(H,42,44)(H,43,46)(H4,34,35,38)(H4,36,37,39). The lowest BCUT2D eigenvalue weighted by Crippen LogP contribution is -2.55. The largest absolute Gasteiger partial charge is 0.445 e. The van der Waals surface area contributed by atoms with Crippen molar-refractivity contribution in [3.63, 3.8) is 0 Å². The average Bonchev–Trinajstić information content (AvgIpc) is 3.06. The fraction of sp³-hybridized carbons (Fsp3) is 0.333. The molecule has 3 unspecified atom stereocenters. The fourth-order valence-electron chi connectivity index (χ4n) is 4.62. The highest BCUT2D eigenvalue weighted by atomic mass is 16.5. The molecule has 48 heavy (non-hydrogen) atoms. The second-order valence-electron chi connectivity index (χ2n) is 11.0. The zero-order valence-corrected chi connectivity index (χ0v) is 26.9. The topological polar surface area (TPSA) is 254 Å². The Labute approximate surface area is 278 Å². The number of guanidine groups is 2. The number of aliphatic imine (C=N–C) groups is 2. The van der Waals surface area contributed by atoms with Crippen LogP contribution in [0.25, 0.3) is 10.8 Å². The summed E-state index contributed by atoms with van der Waals surface area (Å²) >= 11 is 0. The summed E-state index contributed by atoms with van der Waals surface area (Å²) in [5.74, 6) is -1.93. The lowest BCUT2D eigenvalue weighted by atomic mass is 10.1. The fourth-order valence-corrected chi connectivity index (χ4v) is 4.62. The molecular weight excluding hydrogens is 616 g/mol. The maximum Gasteiger partial charge on any atom is 0.408 e. The Kier molecular flexibility index (Phi) is 14.5. The van der Waals surface area contributed by atoms with Gasteiger partial charge in [-0.3, -0.25) is 24.4 Å². The molecular formula is C33H44N10O5. The number of alkyl carbamates (subject to hydrolysis) is 1. The number of amides is 4. The molecule has 3 rings (SSSR count). The zero-order chi connectivity index (χ0) is 34.9. The van der Waals surface area contributed by atoms with Gasteiger partial charge in [-0.2, -0.15) is 0 Å². The molecule has 3 atom stereocenters. The number of ether oxygens (including phenoxy) is 1. The molecule has 15 nitrogen and oxygen atoms in total. The van der Waals surface area contributed by atoms with Crippen molar-refractivity contribution < 1.29 is 23.9 Å². The van der Waals surface area contributed by atoms with Gasteiger partial charge in [-0.25, -0.2) is 4.79 Å². The number of nitrogens with zero attached hydrogens (tertiary/aromatic N) is 2. The van der Waals surface area contributed by atoms with Crippen LogP contribution in [-0.4, -0.2) is 66.9 Å². The van der Waals surface area contributed by atoms with Gasteiger partial charge in [0.25, 0.3) is 0 Å². The highest BCUT2D eigenvalue weighted by Crippen LogP contribution is 2.19. The van der Waals surface area contributed by atoms with Gasteiger partial charge in [-0.15, -0.1) is 0 Å². The van der Waals surface area contributed by atoms with E-state index in [-0.39, 0.29) is 44.5 Å². The van der Waals surface area contributed by atoms with E-state index in [4.69, 9.17) is 27.7 Å². The van der Waals surface area contributed by atoms with E-state index < -0.39 is 41.9 Å². The quantitative estimate of drug-likeness (QED) is 0.0586. The van der Waals surface area contributed by atoms with E-state index in [1.165, 1.54) is 6.92 Å². The van der Waals surface area contributed by atoms with Crippen LogP contribution in [0.4, 0.5) is 10.5 Å². The van der Waals surface area contributed by atoms with Crippen molar-refractivity contribution in [2.75, 3.05) is 18.4 Å². The first-order valence-electron chi connectivity index (χ1n) is 15.5. The second-order valence-corrected chi connectivity index (χ2v) is 11.0. The highest BCUT2D eigenvalue weighted by Gasteiger charge is 2.28. The SMILES string of the molecule is CC(NC(=O)OCc1ccccc1)C(=O)NC(CCCN=C(N)N)C(=O)NC(CCCN=C(N)N)C(=O)Nc1ccc2ccccc2c1. The molecule has 0 heterocycles. The minimum absolute atomic E-state index is 0.0165. The third-order valence-corrected chi connectivity index (χ3v) is 7.11. The number of hydrogen-bond acceptors (Lipinski definition) is 7. The summed E-state index contributed by atoms with van der Waals surface area (Å²) in [5.41, 5.74) is 23.0. The predicted octanol–water partition coefficient (Wildman–Crippen LogP) is 1.17. The summed E-state index contributed by atoms with van der Waals surface area (Å²) in [6.07, 6.45) is 0.229. The molecule has 4 amide bonds. The number of nitrogens with one attached hydrogen (secondary N) is 4. The van der Waals surface area contributed by atoms with Crippen molar-refractivity contribution in [2.45, 2.75) is 57.3 Å². The van der Waals surface area contributed by atoms with Gasteiger partial charge in [0.05, 0.1) is 0 Å². The molecule has 0 bridgehead atoms.